The van der Waals surface area contributed by atoms with E-state index in [0.717, 1.165) is 24.2 Å². The predicted molar refractivity (Wildman–Crippen MR) is 80.8 cm³/mol. The summed E-state index contributed by atoms with van der Waals surface area (Å²) in [7, 11) is 0. The zero-order valence-corrected chi connectivity index (χ0v) is 11.8. The molecule has 0 spiro atoms. The predicted octanol–water partition coefficient (Wildman–Crippen LogP) is 3.84. The molecular formula is C18H18O3. The molecule has 2 aromatic rings. The molecule has 108 valence electrons. The van der Waals surface area contributed by atoms with Crippen LogP contribution >= 0.6 is 0 Å². The first kappa shape index (κ1) is 13.7. The normalized spacial score (nSPS) is 13.5. The number of hydrogen-bond donors (Lipinski definition) is 1. The minimum atomic E-state index is -0.908. The van der Waals surface area contributed by atoms with Crippen LogP contribution in [0.1, 0.15) is 39.9 Å². The van der Waals surface area contributed by atoms with Gasteiger partial charge in [0.2, 0.25) is 0 Å². The third-order valence-corrected chi connectivity index (χ3v) is 3.92. The Bertz CT molecular complexity index is 661. The lowest BCUT2D eigenvalue weighted by Crippen LogP contribution is -2.06. The number of carboxylic acids is 1. The van der Waals surface area contributed by atoms with Crippen LogP contribution in [-0.2, 0) is 19.4 Å². The summed E-state index contributed by atoms with van der Waals surface area (Å²) in [6.45, 7) is 0.400. The molecule has 0 aromatic heterocycles. The minimum Gasteiger partial charge on any atom is -0.489 e. The Kier molecular flexibility index (Phi) is 3.91. The lowest BCUT2D eigenvalue weighted by molar-refractivity contribution is 0.0696. The molecule has 2 aromatic carbocycles. The van der Waals surface area contributed by atoms with Crippen LogP contribution in [0, 0.1) is 0 Å². The molecule has 0 saturated carbocycles. The van der Waals surface area contributed by atoms with Crippen LogP contribution in [0.25, 0.3) is 0 Å². The number of benzene rings is 2. The van der Waals surface area contributed by atoms with Crippen molar-refractivity contribution in [3.8, 4) is 5.75 Å². The van der Waals surface area contributed by atoms with E-state index in [0.29, 0.717) is 12.2 Å². The van der Waals surface area contributed by atoms with Gasteiger partial charge in [-0.15, -0.1) is 0 Å². The van der Waals surface area contributed by atoms with Gasteiger partial charge in [0, 0.05) is 0 Å². The largest absolute Gasteiger partial charge is 0.489 e. The molecule has 0 heterocycles. The van der Waals surface area contributed by atoms with Crippen molar-refractivity contribution >= 4 is 5.97 Å². The second-order valence-corrected chi connectivity index (χ2v) is 5.40. The number of hydrogen-bond acceptors (Lipinski definition) is 2. The molecule has 21 heavy (non-hydrogen) atoms. The maximum Gasteiger partial charge on any atom is 0.335 e. The highest BCUT2D eigenvalue weighted by atomic mass is 16.5. The van der Waals surface area contributed by atoms with E-state index in [9.17, 15) is 4.79 Å². The van der Waals surface area contributed by atoms with Gasteiger partial charge >= 0.3 is 5.97 Å². The number of fused-ring (bicyclic) bond motifs is 1. The number of ether oxygens (including phenoxy) is 1. The van der Waals surface area contributed by atoms with Crippen molar-refractivity contribution in [3.63, 3.8) is 0 Å². The molecule has 0 unspecified atom stereocenters. The van der Waals surface area contributed by atoms with E-state index < -0.39 is 5.97 Å². The molecule has 0 atom stereocenters. The molecule has 0 fully saturated rings. The number of rotatable bonds is 4. The summed E-state index contributed by atoms with van der Waals surface area (Å²) in [5.41, 5.74) is 3.88. The fraction of sp³-hybridized carbons (Fsp3) is 0.278. The maximum absolute atomic E-state index is 11.0. The van der Waals surface area contributed by atoms with Crippen molar-refractivity contribution in [3.05, 3.63) is 64.7 Å². The maximum atomic E-state index is 11.0. The van der Waals surface area contributed by atoms with Gasteiger partial charge in [0.25, 0.3) is 0 Å². The Morgan fingerprint density at radius 1 is 1.10 bits per heavy atom. The van der Waals surface area contributed by atoms with Crippen molar-refractivity contribution in [1.29, 1.82) is 0 Å². The SMILES string of the molecule is O=C(O)c1cccc(COc2cccc3c2CCCC3)c1. The number of carboxylic acid groups (broad SMARTS) is 1. The molecule has 0 saturated heterocycles. The van der Waals surface area contributed by atoms with Crippen molar-refractivity contribution in [2.75, 3.05) is 0 Å². The molecule has 1 aliphatic carbocycles. The second-order valence-electron chi connectivity index (χ2n) is 5.40. The van der Waals surface area contributed by atoms with Crippen molar-refractivity contribution in [2.45, 2.75) is 32.3 Å². The summed E-state index contributed by atoms with van der Waals surface area (Å²) < 4.78 is 5.93. The van der Waals surface area contributed by atoms with Gasteiger partial charge in [0.15, 0.2) is 0 Å². The molecule has 3 rings (SSSR count). The Balaban J connectivity index is 1.76. The zero-order valence-electron chi connectivity index (χ0n) is 11.8. The van der Waals surface area contributed by atoms with E-state index in [1.165, 1.54) is 24.0 Å². The lowest BCUT2D eigenvalue weighted by atomic mass is 9.91. The number of aromatic carboxylic acids is 1. The summed E-state index contributed by atoms with van der Waals surface area (Å²) in [6, 6.07) is 13.1. The van der Waals surface area contributed by atoms with E-state index in [-0.39, 0.29) is 0 Å². The second kappa shape index (κ2) is 6.00. The standard InChI is InChI=1S/C18H18O3/c19-18(20)15-8-3-5-13(11-15)12-21-17-10-4-7-14-6-1-2-9-16(14)17/h3-5,7-8,10-11H,1-2,6,9,12H2,(H,19,20). The highest BCUT2D eigenvalue weighted by molar-refractivity contribution is 5.87. The molecule has 0 aliphatic heterocycles. The van der Waals surface area contributed by atoms with Gasteiger partial charge in [-0.1, -0.05) is 24.3 Å². The molecule has 1 aliphatic rings. The van der Waals surface area contributed by atoms with Gasteiger partial charge < -0.3 is 9.84 Å². The summed E-state index contributed by atoms with van der Waals surface area (Å²) in [4.78, 5) is 11.0. The number of aryl methyl sites for hydroxylation is 1. The van der Waals surface area contributed by atoms with E-state index in [2.05, 4.69) is 6.07 Å². The highest BCUT2D eigenvalue weighted by Gasteiger charge is 2.13. The van der Waals surface area contributed by atoms with Crippen LogP contribution in [0.3, 0.4) is 0 Å². The third-order valence-electron chi connectivity index (χ3n) is 3.92. The summed E-state index contributed by atoms with van der Waals surface area (Å²) in [5, 5.41) is 9.01. The first-order valence-corrected chi connectivity index (χ1v) is 7.30. The Hall–Kier alpha value is -2.29. The lowest BCUT2D eigenvalue weighted by Gasteiger charge is -2.19. The van der Waals surface area contributed by atoms with Crippen LogP contribution in [0.2, 0.25) is 0 Å². The highest BCUT2D eigenvalue weighted by Crippen LogP contribution is 2.30. The van der Waals surface area contributed by atoms with Gasteiger partial charge in [-0.05, 0) is 60.6 Å². The topological polar surface area (TPSA) is 46.5 Å². The summed E-state index contributed by atoms with van der Waals surface area (Å²) >= 11 is 0. The van der Waals surface area contributed by atoms with Gasteiger partial charge in [-0.25, -0.2) is 4.79 Å². The summed E-state index contributed by atoms with van der Waals surface area (Å²) in [5.74, 6) is 0.0295. The molecule has 0 radical (unpaired) electrons. The van der Waals surface area contributed by atoms with E-state index in [4.69, 9.17) is 9.84 Å². The summed E-state index contributed by atoms with van der Waals surface area (Å²) in [6.07, 6.45) is 4.65. The molecular weight excluding hydrogens is 264 g/mol. The van der Waals surface area contributed by atoms with E-state index >= 15 is 0 Å². The Morgan fingerprint density at radius 2 is 1.90 bits per heavy atom. The molecule has 0 amide bonds. The van der Waals surface area contributed by atoms with Crippen LogP contribution in [0.5, 0.6) is 5.75 Å². The van der Waals surface area contributed by atoms with Crippen LogP contribution in [0.4, 0.5) is 0 Å². The van der Waals surface area contributed by atoms with Gasteiger partial charge in [-0.3, -0.25) is 0 Å². The fourth-order valence-corrected chi connectivity index (χ4v) is 2.84. The zero-order chi connectivity index (χ0) is 14.7. The monoisotopic (exact) mass is 282 g/mol. The number of carbonyl (C=O) groups is 1. The van der Waals surface area contributed by atoms with E-state index in [1.54, 1.807) is 18.2 Å². The first-order chi connectivity index (χ1) is 10.2. The van der Waals surface area contributed by atoms with Gasteiger partial charge in [0.1, 0.15) is 12.4 Å². The quantitative estimate of drug-likeness (QED) is 0.926. The molecule has 0 bridgehead atoms. The molecule has 1 N–H and O–H groups in total. The first-order valence-electron chi connectivity index (χ1n) is 7.30. The third kappa shape index (κ3) is 3.07. The molecule has 3 heteroatoms. The smallest absolute Gasteiger partial charge is 0.335 e. The van der Waals surface area contributed by atoms with Crippen molar-refractivity contribution < 1.29 is 14.6 Å². The average molecular weight is 282 g/mol. The van der Waals surface area contributed by atoms with Gasteiger partial charge in [-0.2, -0.15) is 0 Å². The van der Waals surface area contributed by atoms with Crippen LogP contribution in [-0.4, -0.2) is 11.1 Å². The van der Waals surface area contributed by atoms with Gasteiger partial charge in [0.05, 0.1) is 5.56 Å². The van der Waals surface area contributed by atoms with Crippen molar-refractivity contribution in [1.82, 2.24) is 0 Å². The Morgan fingerprint density at radius 3 is 2.76 bits per heavy atom. The Labute approximate surface area is 124 Å². The van der Waals surface area contributed by atoms with E-state index in [1.807, 2.05) is 18.2 Å². The van der Waals surface area contributed by atoms with Crippen molar-refractivity contribution in [2.24, 2.45) is 0 Å². The van der Waals surface area contributed by atoms with Crippen LogP contribution < -0.4 is 4.74 Å². The molecule has 3 nitrogen and oxygen atoms in total. The average Bonchev–Trinajstić information content (AvgIpc) is 2.53. The fourth-order valence-electron chi connectivity index (χ4n) is 2.84. The van der Waals surface area contributed by atoms with Crippen LogP contribution in [0.15, 0.2) is 42.5 Å². The minimum absolute atomic E-state index is 0.297.